The molecule has 2 unspecified atom stereocenters. The SMILES string of the molecule is CCC(=O)c1ccc(OCC(=O)Nc2ccc(S(=O)(=O)N3CC(C)CC(C)C3)cc2)cc1. The van der Waals surface area contributed by atoms with Crippen LogP contribution in [0.1, 0.15) is 44.0 Å². The molecular formula is C24H30N2O5S. The smallest absolute Gasteiger partial charge is 0.262 e. The number of Topliss-reactive ketones (excluding diaryl/α,β-unsaturated/α-hetero) is 1. The van der Waals surface area contributed by atoms with E-state index in [4.69, 9.17) is 4.74 Å². The Morgan fingerprint density at radius 3 is 2.16 bits per heavy atom. The number of rotatable bonds is 8. The van der Waals surface area contributed by atoms with Gasteiger partial charge in [-0.05, 0) is 66.8 Å². The molecule has 1 aliphatic rings. The predicted octanol–water partition coefficient (Wildman–Crippen LogP) is 3.96. The molecule has 2 aromatic carbocycles. The first-order chi connectivity index (χ1) is 15.2. The largest absolute Gasteiger partial charge is 0.484 e. The van der Waals surface area contributed by atoms with E-state index in [2.05, 4.69) is 19.2 Å². The minimum Gasteiger partial charge on any atom is -0.484 e. The fourth-order valence-corrected chi connectivity index (χ4v) is 5.63. The minimum absolute atomic E-state index is 0.0454. The second-order valence-electron chi connectivity index (χ2n) is 8.43. The lowest BCUT2D eigenvalue weighted by Crippen LogP contribution is -2.42. The molecule has 1 fully saturated rings. The zero-order valence-corrected chi connectivity index (χ0v) is 19.5. The summed E-state index contributed by atoms with van der Waals surface area (Å²) < 4.78 is 32.9. The number of anilines is 1. The Morgan fingerprint density at radius 2 is 1.59 bits per heavy atom. The van der Waals surface area contributed by atoms with Gasteiger partial charge in [0.2, 0.25) is 10.0 Å². The summed E-state index contributed by atoms with van der Waals surface area (Å²) in [6, 6.07) is 12.8. The quantitative estimate of drug-likeness (QED) is 0.605. The molecule has 0 spiro atoms. The lowest BCUT2D eigenvalue weighted by Gasteiger charge is -2.34. The van der Waals surface area contributed by atoms with Crippen LogP contribution in [0.2, 0.25) is 0 Å². The van der Waals surface area contributed by atoms with E-state index < -0.39 is 10.0 Å². The molecule has 0 saturated carbocycles. The molecule has 1 aliphatic heterocycles. The number of piperidine rings is 1. The predicted molar refractivity (Wildman–Crippen MR) is 123 cm³/mol. The number of benzene rings is 2. The maximum absolute atomic E-state index is 13.0. The van der Waals surface area contributed by atoms with Gasteiger partial charge in [0, 0.05) is 30.8 Å². The lowest BCUT2D eigenvalue weighted by molar-refractivity contribution is -0.118. The number of ketones is 1. The maximum Gasteiger partial charge on any atom is 0.262 e. The standard InChI is InChI=1S/C24H30N2O5S/c1-4-23(27)19-5-9-21(10-6-19)31-16-24(28)25-20-7-11-22(12-8-20)32(29,30)26-14-17(2)13-18(3)15-26/h5-12,17-18H,4,13-16H2,1-3H3,(H,25,28). The molecule has 7 nitrogen and oxygen atoms in total. The molecule has 2 atom stereocenters. The van der Waals surface area contributed by atoms with E-state index in [9.17, 15) is 18.0 Å². The van der Waals surface area contributed by atoms with E-state index in [1.165, 1.54) is 12.1 Å². The third kappa shape index (κ3) is 5.95. The average Bonchev–Trinajstić information content (AvgIpc) is 2.77. The Bertz CT molecular complexity index is 1040. The highest BCUT2D eigenvalue weighted by molar-refractivity contribution is 7.89. The first-order valence-electron chi connectivity index (χ1n) is 10.8. The molecule has 0 bridgehead atoms. The highest BCUT2D eigenvalue weighted by atomic mass is 32.2. The fraction of sp³-hybridized carbons (Fsp3) is 0.417. The van der Waals surface area contributed by atoms with E-state index >= 15 is 0 Å². The molecular weight excluding hydrogens is 428 g/mol. The number of hydrogen-bond donors (Lipinski definition) is 1. The molecule has 1 saturated heterocycles. The molecule has 0 radical (unpaired) electrons. The molecule has 172 valence electrons. The van der Waals surface area contributed by atoms with E-state index in [1.54, 1.807) is 47.6 Å². The van der Waals surface area contributed by atoms with E-state index in [-0.39, 0.29) is 23.2 Å². The van der Waals surface area contributed by atoms with Gasteiger partial charge in [-0.15, -0.1) is 0 Å². The van der Waals surface area contributed by atoms with Crippen LogP contribution in [0.3, 0.4) is 0 Å². The lowest BCUT2D eigenvalue weighted by atomic mass is 9.94. The van der Waals surface area contributed by atoms with Gasteiger partial charge in [0.15, 0.2) is 12.4 Å². The van der Waals surface area contributed by atoms with Gasteiger partial charge >= 0.3 is 0 Å². The highest BCUT2D eigenvalue weighted by Crippen LogP contribution is 2.27. The summed E-state index contributed by atoms with van der Waals surface area (Å²) >= 11 is 0. The van der Waals surface area contributed by atoms with Crippen LogP contribution in [0.15, 0.2) is 53.4 Å². The molecule has 8 heteroatoms. The van der Waals surface area contributed by atoms with Gasteiger partial charge in [-0.1, -0.05) is 20.8 Å². The molecule has 3 rings (SSSR count). The van der Waals surface area contributed by atoms with Crippen LogP contribution in [-0.2, 0) is 14.8 Å². The normalized spacial score (nSPS) is 19.3. The monoisotopic (exact) mass is 458 g/mol. The number of carbonyl (C=O) groups excluding carboxylic acids is 2. The average molecular weight is 459 g/mol. The van der Waals surface area contributed by atoms with Crippen LogP contribution >= 0.6 is 0 Å². The van der Waals surface area contributed by atoms with Gasteiger partial charge in [0.25, 0.3) is 5.91 Å². The molecule has 2 aromatic rings. The van der Waals surface area contributed by atoms with Crippen LogP contribution in [0.4, 0.5) is 5.69 Å². The Balaban J connectivity index is 1.56. The second-order valence-corrected chi connectivity index (χ2v) is 10.4. The summed E-state index contributed by atoms with van der Waals surface area (Å²) in [7, 11) is -3.56. The Kier molecular flexibility index (Phi) is 7.69. The van der Waals surface area contributed by atoms with Gasteiger partial charge in [-0.2, -0.15) is 4.31 Å². The number of hydrogen-bond acceptors (Lipinski definition) is 5. The van der Waals surface area contributed by atoms with Gasteiger partial charge in [0.1, 0.15) is 5.75 Å². The zero-order chi connectivity index (χ0) is 23.3. The highest BCUT2D eigenvalue weighted by Gasteiger charge is 2.31. The van der Waals surface area contributed by atoms with Crippen molar-refractivity contribution in [2.24, 2.45) is 11.8 Å². The topological polar surface area (TPSA) is 92.8 Å². The van der Waals surface area contributed by atoms with Crippen LogP contribution < -0.4 is 10.1 Å². The number of nitrogens with zero attached hydrogens (tertiary/aromatic N) is 1. The Labute approximate surface area is 189 Å². The van der Waals surface area contributed by atoms with E-state index in [0.717, 1.165) is 6.42 Å². The molecule has 0 aromatic heterocycles. The van der Waals surface area contributed by atoms with Crippen molar-refractivity contribution < 1.29 is 22.7 Å². The number of ether oxygens (including phenoxy) is 1. The number of nitrogens with one attached hydrogen (secondary N) is 1. The number of sulfonamides is 1. The van der Waals surface area contributed by atoms with Gasteiger partial charge in [0.05, 0.1) is 4.90 Å². The molecule has 0 aliphatic carbocycles. The molecule has 1 heterocycles. The summed E-state index contributed by atoms with van der Waals surface area (Å²) in [5, 5.41) is 2.70. The second kappa shape index (κ2) is 10.3. The molecule has 32 heavy (non-hydrogen) atoms. The Hall–Kier alpha value is -2.71. The van der Waals surface area contributed by atoms with Crippen molar-refractivity contribution >= 4 is 27.4 Å². The molecule has 1 amide bonds. The summed E-state index contributed by atoms with van der Waals surface area (Å²) in [5.41, 5.74) is 1.09. The van der Waals surface area contributed by atoms with Crippen LogP contribution in [-0.4, -0.2) is 44.1 Å². The van der Waals surface area contributed by atoms with Crippen molar-refractivity contribution in [2.75, 3.05) is 25.0 Å². The van der Waals surface area contributed by atoms with E-state index in [0.29, 0.717) is 48.3 Å². The van der Waals surface area contributed by atoms with Crippen molar-refractivity contribution in [2.45, 2.75) is 38.5 Å². The van der Waals surface area contributed by atoms with Crippen LogP contribution in [0.25, 0.3) is 0 Å². The van der Waals surface area contributed by atoms with Crippen molar-refractivity contribution in [1.29, 1.82) is 0 Å². The van der Waals surface area contributed by atoms with Crippen LogP contribution in [0.5, 0.6) is 5.75 Å². The van der Waals surface area contributed by atoms with Crippen molar-refractivity contribution in [3.63, 3.8) is 0 Å². The summed E-state index contributed by atoms with van der Waals surface area (Å²) in [4.78, 5) is 24.1. The first kappa shape index (κ1) is 23.9. The summed E-state index contributed by atoms with van der Waals surface area (Å²) in [6.45, 7) is 6.78. The number of amides is 1. The first-order valence-corrected chi connectivity index (χ1v) is 12.3. The number of carbonyl (C=O) groups is 2. The van der Waals surface area contributed by atoms with Gasteiger partial charge in [-0.25, -0.2) is 8.42 Å². The third-order valence-corrected chi connectivity index (χ3v) is 7.32. The molecule has 1 N–H and O–H groups in total. The summed E-state index contributed by atoms with van der Waals surface area (Å²) in [5.74, 6) is 0.821. The minimum atomic E-state index is -3.56. The van der Waals surface area contributed by atoms with Crippen molar-refractivity contribution in [3.8, 4) is 5.75 Å². The zero-order valence-electron chi connectivity index (χ0n) is 18.7. The van der Waals surface area contributed by atoms with Crippen molar-refractivity contribution in [3.05, 3.63) is 54.1 Å². The maximum atomic E-state index is 13.0. The van der Waals surface area contributed by atoms with E-state index in [1.807, 2.05) is 0 Å². The summed E-state index contributed by atoms with van der Waals surface area (Å²) in [6.07, 6.45) is 1.46. The fourth-order valence-electron chi connectivity index (χ4n) is 3.95. The van der Waals surface area contributed by atoms with Gasteiger partial charge < -0.3 is 10.1 Å². The van der Waals surface area contributed by atoms with Crippen molar-refractivity contribution in [1.82, 2.24) is 4.31 Å². The third-order valence-electron chi connectivity index (χ3n) is 5.48. The van der Waals surface area contributed by atoms with Crippen LogP contribution in [0, 0.1) is 11.8 Å². The van der Waals surface area contributed by atoms with Gasteiger partial charge in [-0.3, -0.25) is 9.59 Å². The Morgan fingerprint density at radius 1 is 1.00 bits per heavy atom.